The SMILES string of the molecule is Cc1ccc(-c2cccs2)c(NC(=O)OC2C[C@H]3CC[C@@H](C2)[N+]3(C)C)c1.[Br-]. The number of hydrogen-bond donors (Lipinski definition) is 1. The molecule has 1 aromatic heterocycles. The second-order valence-corrected chi connectivity index (χ2v) is 9.11. The summed E-state index contributed by atoms with van der Waals surface area (Å²) in [5.74, 6) is 0. The molecule has 1 unspecified atom stereocenters. The van der Waals surface area contributed by atoms with E-state index >= 15 is 0 Å². The van der Waals surface area contributed by atoms with Crippen LogP contribution < -0.4 is 22.3 Å². The first-order chi connectivity index (χ1) is 12.4. The zero-order chi connectivity index (χ0) is 18.3. The van der Waals surface area contributed by atoms with Gasteiger partial charge < -0.3 is 26.2 Å². The summed E-state index contributed by atoms with van der Waals surface area (Å²) in [4.78, 5) is 13.7. The summed E-state index contributed by atoms with van der Waals surface area (Å²) >= 11 is 1.67. The average Bonchev–Trinajstić information content (AvgIpc) is 3.11. The minimum Gasteiger partial charge on any atom is -1.00 e. The lowest BCUT2D eigenvalue weighted by Crippen LogP contribution is -3.00. The molecule has 2 bridgehead atoms. The van der Waals surface area contributed by atoms with Crippen LogP contribution in [0, 0.1) is 6.92 Å². The van der Waals surface area contributed by atoms with Crippen LogP contribution in [0.2, 0.25) is 0 Å². The summed E-state index contributed by atoms with van der Waals surface area (Å²) in [6.07, 6.45) is 4.16. The summed E-state index contributed by atoms with van der Waals surface area (Å²) in [5.41, 5.74) is 2.99. The van der Waals surface area contributed by atoms with Gasteiger partial charge in [-0.15, -0.1) is 11.3 Å². The van der Waals surface area contributed by atoms with Gasteiger partial charge in [-0.2, -0.15) is 0 Å². The molecule has 2 aliphatic rings. The molecule has 4 nitrogen and oxygen atoms in total. The number of quaternary nitrogens is 1. The number of ether oxygens (including phenoxy) is 1. The number of amides is 1. The first kappa shape index (κ1) is 20.4. The molecule has 146 valence electrons. The topological polar surface area (TPSA) is 38.3 Å². The molecule has 0 spiro atoms. The Morgan fingerprint density at radius 3 is 2.52 bits per heavy atom. The Hall–Kier alpha value is -1.37. The third kappa shape index (κ3) is 4.08. The van der Waals surface area contributed by atoms with Gasteiger partial charge in [0.15, 0.2) is 0 Å². The number of benzene rings is 1. The third-order valence-corrected chi connectivity index (χ3v) is 7.16. The molecule has 1 N–H and O–H groups in total. The first-order valence-corrected chi connectivity index (χ1v) is 10.3. The highest BCUT2D eigenvalue weighted by Gasteiger charge is 2.49. The molecular weight excluding hydrogens is 424 g/mol. The van der Waals surface area contributed by atoms with E-state index < -0.39 is 0 Å². The Balaban J connectivity index is 0.00000210. The molecule has 3 heterocycles. The molecule has 2 saturated heterocycles. The van der Waals surface area contributed by atoms with Crippen LogP contribution in [-0.2, 0) is 4.74 Å². The van der Waals surface area contributed by atoms with Crippen molar-refractivity contribution in [3.8, 4) is 10.4 Å². The number of carbonyl (C=O) groups excluding carboxylic acids is 1. The van der Waals surface area contributed by atoms with Crippen LogP contribution in [0.5, 0.6) is 0 Å². The van der Waals surface area contributed by atoms with Crippen molar-refractivity contribution in [2.75, 3.05) is 19.4 Å². The number of nitrogens with one attached hydrogen (secondary N) is 1. The van der Waals surface area contributed by atoms with Crippen molar-refractivity contribution in [3.63, 3.8) is 0 Å². The molecule has 2 aliphatic heterocycles. The van der Waals surface area contributed by atoms with E-state index in [1.54, 1.807) is 11.3 Å². The maximum absolute atomic E-state index is 12.6. The third-order valence-electron chi connectivity index (χ3n) is 6.26. The fourth-order valence-corrected chi connectivity index (χ4v) is 5.39. The van der Waals surface area contributed by atoms with Gasteiger partial charge >= 0.3 is 6.09 Å². The van der Waals surface area contributed by atoms with E-state index in [1.807, 2.05) is 19.1 Å². The van der Waals surface area contributed by atoms with Crippen molar-refractivity contribution in [2.24, 2.45) is 0 Å². The van der Waals surface area contributed by atoms with Crippen LogP contribution in [-0.4, -0.2) is 42.9 Å². The predicted molar refractivity (Wildman–Crippen MR) is 107 cm³/mol. The predicted octanol–water partition coefficient (Wildman–Crippen LogP) is 2.05. The van der Waals surface area contributed by atoms with Crippen molar-refractivity contribution < 1.29 is 31.0 Å². The Morgan fingerprint density at radius 1 is 1.19 bits per heavy atom. The molecule has 0 radical (unpaired) electrons. The molecule has 2 fully saturated rings. The van der Waals surface area contributed by atoms with Gasteiger partial charge in [0.25, 0.3) is 0 Å². The lowest BCUT2D eigenvalue weighted by Gasteiger charge is -2.43. The molecule has 1 amide bonds. The van der Waals surface area contributed by atoms with Gasteiger partial charge in [0, 0.05) is 36.1 Å². The van der Waals surface area contributed by atoms with Crippen molar-refractivity contribution >= 4 is 23.1 Å². The number of aryl methyl sites for hydroxylation is 1. The maximum atomic E-state index is 12.6. The number of anilines is 1. The van der Waals surface area contributed by atoms with Crippen LogP contribution in [0.25, 0.3) is 10.4 Å². The van der Waals surface area contributed by atoms with E-state index in [1.165, 1.54) is 12.8 Å². The molecule has 6 heteroatoms. The zero-order valence-electron chi connectivity index (χ0n) is 16.1. The minimum absolute atomic E-state index is 0. The smallest absolute Gasteiger partial charge is 0.411 e. The highest BCUT2D eigenvalue weighted by Crippen LogP contribution is 2.40. The molecule has 0 saturated carbocycles. The van der Waals surface area contributed by atoms with E-state index in [-0.39, 0.29) is 29.2 Å². The van der Waals surface area contributed by atoms with Crippen LogP contribution in [0.4, 0.5) is 10.5 Å². The fraction of sp³-hybridized carbons (Fsp3) is 0.476. The van der Waals surface area contributed by atoms with Crippen LogP contribution in [0.15, 0.2) is 35.7 Å². The summed E-state index contributed by atoms with van der Waals surface area (Å²) in [6, 6.07) is 11.5. The Bertz CT molecular complexity index is 791. The van der Waals surface area contributed by atoms with E-state index in [9.17, 15) is 4.79 Å². The molecule has 0 aliphatic carbocycles. The second-order valence-electron chi connectivity index (χ2n) is 8.16. The highest BCUT2D eigenvalue weighted by molar-refractivity contribution is 7.13. The minimum atomic E-state index is -0.329. The van der Waals surface area contributed by atoms with Gasteiger partial charge in [-0.1, -0.05) is 18.2 Å². The lowest BCUT2D eigenvalue weighted by atomic mass is 9.98. The number of fused-ring (bicyclic) bond motifs is 2. The van der Waals surface area contributed by atoms with Gasteiger partial charge in [-0.3, -0.25) is 5.32 Å². The molecule has 1 aromatic carbocycles. The van der Waals surface area contributed by atoms with Crippen molar-refractivity contribution in [1.82, 2.24) is 0 Å². The van der Waals surface area contributed by atoms with Gasteiger partial charge in [-0.05, 0) is 30.0 Å². The van der Waals surface area contributed by atoms with Crippen molar-refractivity contribution in [1.29, 1.82) is 0 Å². The number of carbonyl (C=O) groups is 1. The number of hydrogen-bond acceptors (Lipinski definition) is 3. The van der Waals surface area contributed by atoms with E-state index in [0.29, 0.717) is 12.1 Å². The van der Waals surface area contributed by atoms with Crippen LogP contribution in [0.3, 0.4) is 0 Å². The summed E-state index contributed by atoms with van der Waals surface area (Å²) in [5, 5.41) is 5.05. The van der Waals surface area contributed by atoms with Gasteiger partial charge in [0.2, 0.25) is 0 Å². The number of piperidine rings is 1. The number of halogens is 1. The van der Waals surface area contributed by atoms with Gasteiger partial charge in [-0.25, -0.2) is 4.79 Å². The highest BCUT2D eigenvalue weighted by atomic mass is 79.9. The van der Waals surface area contributed by atoms with Gasteiger partial charge in [0.05, 0.1) is 31.9 Å². The molecule has 3 atom stereocenters. The maximum Gasteiger partial charge on any atom is 0.411 e. The van der Waals surface area contributed by atoms with Crippen LogP contribution >= 0.6 is 11.3 Å². The summed E-state index contributed by atoms with van der Waals surface area (Å²) in [7, 11) is 4.64. The normalized spacial score (nSPS) is 25.5. The average molecular weight is 451 g/mol. The Labute approximate surface area is 175 Å². The van der Waals surface area contributed by atoms with E-state index in [0.717, 1.165) is 39.0 Å². The molecule has 2 aromatic rings. The largest absolute Gasteiger partial charge is 1.00 e. The monoisotopic (exact) mass is 450 g/mol. The lowest BCUT2D eigenvalue weighted by molar-refractivity contribution is -0.931. The second kappa shape index (κ2) is 7.94. The van der Waals surface area contributed by atoms with Crippen molar-refractivity contribution in [3.05, 3.63) is 41.3 Å². The standard InChI is InChI=1S/C21H26N2O2S.BrH/c1-14-6-9-18(20-5-4-10-26-20)19(11-14)22-21(24)25-17-12-15-7-8-16(13-17)23(15,2)3;/h4-6,9-11,15-17H,7-8,12-13H2,1-3H3;1H/t15-,16+,17?;. The van der Waals surface area contributed by atoms with E-state index in [4.69, 9.17) is 4.74 Å². The fourth-order valence-electron chi connectivity index (χ4n) is 4.63. The number of rotatable bonds is 3. The number of thiophene rings is 1. The van der Waals surface area contributed by atoms with E-state index in [2.05, 4.69) is 43.0 Å². The Kier molecular flexibility index (Phi) is 5.99. The Morgan fingerprint density at radius 2 is 1.89 bits per heavy atom. The zero-order valence-corrected chi connectivity index (χ0v) is 18.5. The molecular formula is C21H27BrN2O2S. The summed E-state index contributed by atoms with van der Waals surface area (Å²) in [6.45, 7) is 2.04. The van der Waals surface area contributed by atoms with Crippen molar-refractivity contribution in [2.45, 2.75) is 50.8 Å². The quantitative estimate of drug-likeness (QED) is 0.726. The van der Waals surface area contributed by atoms with Crippen LogP contribution in [0.1, 0.15) is 31.2 Å². The summed E-state index contributed by atoms with van der Waals surface area (Å²) < 4.78 is 6.91. The molecule has 4 rings (SSSR count). The first-order valence-electron chi connectivity index (χ1n) is 9.39. The molecule has 27 heavy (non-hydrogen) atoms. The van der Waals surface area contributed by atoms with Gasteiger partial charge in [0.1, 0.15) is 6.10 Å². The number of nitrogens with zero attached hydrogens (tertiary/aromatic N) is 1.